The number of sulfonamides is 1. The minimum absolute atomic E-state index is 0.234. The molecule has 0 aliphatic carbocycles. The zero-order chi connectivity index (χ0) is 18.0. The topological polar surface area (TPSA) is 98.0 Å². The fraction of sp³-hybridized carbons (Fsp3) is 0.312. The van der Waals surface area contributed by atoms with Crippen molar-refractivity contribution in [3.63, 3.8) is 0 Å². The third kappa shape index (κ3) is 4.12. The van der Waals surface area contributed by atoms with Crippen LogP contribution >= 0.6 is 11.3 Å². The van der Waals surface area contributed by atoms with Gasteiger partial charge in [0.05, 0.1) is 16.0 Å². The van der Waals surface area contributed by atoms with Gasteiger partial charge in [-0.25, -0.2) is 23.1 Å². The van der Waals surface area contributed by atoms with Gasteiger partial charge in [-0.3, -0.25) is 0 Å². The number of rotatable bonds is 6. The van der Waals surface area contributed by atoms with E-state index < -0.39 is 10.0 Å². The van der Waals surface area contributed by atoms with Gasteiger partial charge in [0.2, 0.25) is 10.0 Å². The van der Waals surface area contributed by atoms with Crippen LogP contribution in [-0.4, -0.2) is 30.1 Å². The molecule has 7 nitrogen and oxygen atoms in total. The number of hydrogen-bond acceptors (Lipinski definition) is 7. The molecule has 0 amide bonds. The summed E-state index contributed by atoms with van der Waals surface area (Å²) in [7, 11) is -3.61. The first-order valence-corrected chi connectivity index (χ1v) is 9.97. The molecule has 0 aliphatic rings. The minimum atomic E-state index is -3.61. The molecule has 0 radical (unpaired) electrons. The number of nitrogens with one attached hydrogen (secondary N) is 1. The normalized spacial score (nSPS) is 11.8. The van der Waals surface area contributed by atoms with Gasteiger partial charge in [-0.05, 0) is 32.9 Å². The van der Waals surface area contributed by atoms with Gasteiger partial charge in [-0.2, -0.15) is 0 Å². The van der Waals surface area contributed by atoms with E-state index in [2.05, 4.69) is 19.8 Å². The molecule has 0 unspecified atom stereocenters. The third-order valence-electron chi connectivity index (χ3n) is 3.51. The molecular formula is C16H18N4O3S2. The fourth-order valence-corrected chi connectivity index (χ4v) is 5.06. The SMILES string of the molecule is Cc1cc(C)nc(CCNS(=O)(=O)c2cc(-c3ccno3)sc2C)n1. The second kappa shape index (κ2) is 7.03. The van der Waals surface area contributed by atoms with E-state index in [0.29, 0.717) is 22.9 Å². The van der Waals surface area contributed by atoms with E-state index in [9.17, 15) is 8.42 Å². The Hall–Kier alpha value is -2.10. The molecule has 3 aromatic rings. The molecule has 0 bridgehead atoms. The van der Waals surface area contributed by atoms with Crippen molar-refractivity contribution in [1.29, 1.82) is 0 Å². The summed E-state index contributed by atoms with van der Waals surface area (Å²) in [6.07, 6.45) is 1.96. The first-order chi connectivity index (χ1) is 11.8. The van der Waals surface area contributed by atoms with Crippen LogP contribution in [0.3, 0.4) is 0 Å². The predicted octanol–water partition coefficient (Wildman–Crippen LogP) is 2.64. The van der Waals surface area contributed by atoms with Gasteiger partial charge in [0.25, 0.3) is 0 Å². The van der Waals surface area contributed by atoms with Crippen LogP contribution in [-0.2, 0) is 16.4 Å². The van der Waals surface area contributed by atoms with E-state index in [-0.39, 0.29) is 11.4 Å². The maximum absolute atomic E-state index is 12.6. The van der Waals surface area contributed by atoms with Crippen LogP contribution < -0.4 is 4.72 Å². The lowest BCUT2D eigenvalue weighted by molar-refractivity contribution is 0.433. The molecule has 3 heterocycles. The van der Waals surface area contributed by atoms with Gasteiger partial charge in [0.15, 0.2) is 5.76 Å². The van der Waals surface area contributed by atoms with E-state index in [1.54, 1.807) is 19.1 Å². The molecule has 9 heteroatoms. The zero-order valence-electron chi connectivity index (χ0n) is 14.1. The highest BCUT2D eigenvalue weighted by Crippen LogP contribution is 2.33. The molecule has 3 aromatic heterocycles. The first kappa shape index (κ1) is 17.7. The lowest BCUT2D eigenvalue weighted by Gasteiger charge is -2.06. The highest BCUT2D eigenvalue weighted by molar-refractivity contribution is 7.89. The summed E-state index contributed by atoms with van der Waals surface area (Å²) in [4.78, 5) is 10.3. The molecule has 1 N–H and O–H groups in total. The Morgan fingerprint density at radius 2 is 1.88 bits per heavy atom. The van der Waals surface area contributed by atoms with Gasteiger partial charge in [-0.1, -0.05) is 5.16 Å². The Kier molecular flexibility index (Phi) is 4.98. The van der Waals surface area contributed by atoms with E-state index in [1.807, 2.05) is 19.9 Å². The molecule has 0 spiro atoms. The van der Waals surface area contributed by atoms with Crippen LogP contribution in [0, 0.1) is 20.8 Å². The van der Waals surface area contributed by atoms with Gasteiger partial charge in [0.1, 0.15) is 5.82 Å². The molecule has 0 saturated carbocycles. The summed E-state index contributed by atoms with van der Waals surface area (Å²) in [5, 5.41) is 3.65. The van der Waals surface area contributed by atoms with E-state index in [4.69, 9.17) is 4.52 Å². The molecule has 25 heavy (non-hydrogen) atoms. The molecule has 3 rings (SSSR count). The zero-order valence-corrected chi connectivity index (χ0v) is 15.7. The van der Waals surface area contributed by atoms with Crippen molar-refractivity contribution in [3.05, 3.63) is 46.5 Å². The summed E-state index contributed by atoms with van der Waals surface area (Å²) in [6, 6.07) is 5.19. The Balaban J connectivity index is 1.72. The lowest BCUT2D eigenvalue weighted by Crippen LogP contribution is -2.26. The van der Waals surface area contributed by atoms with Crippen LogP contribution in [0.1, 0.15) is 22.1 Å². The van der Waals surface area contributed by atoms with Crippen LogP contribution in [0.2, 0.25) is 0 Å². The Labute approximate surface area is 150 Å². The molecule has 0 aliphatic heterocycles. The molecule has 0 aromatic carbocycles. The van der Waals surface area contributed by atoms with Crippen molar-refractivity contribution < 1.29 is 12.9 Å². The predicted molar refractivity (Wildman–Crippen MR) is 95.0 cm³/mol. The van der Waals surface area contributed by atoms with Crippen molar-refractivity contribution in [2.24, 2.45) is 0 Å². The monoisotopic (exact) mass is 378 g/mol. The average molecular weight is 378 g/mol. The minimum Gasteiger partial charge on any atom is -0.355 e. The van der Waals surface area contributed by atoms with Gasteiger partial charge in [0, 0.05) is 35.3 Å². The molecule has 132 valence electrons. The quantitative estimate of drug-likeness (QED) is 0.708. The standard InChI is InChI=1S/C16H18N4O3S2/c1-10-8-11(2)20-16(19-10)5-7-18-25(21,22)15-9-14(24-12(15)3)13-4-6-17-23-13/h4,6,8-9,18H,5,7H2,1-3H3. The molecule has 0 atom stereocenters. The van der Waals surface area contributed by atoms with Crippen molar-refractivity contribution in [2.75, 3.05) is 6.54 Å². The maximum atomic E-state index is 12.6. The largest absolute Gasteiger partial charge is 0.355 e. The number of nitrogens with zero attached hydrogens (tertiary/aromatic N) is 3. The number of hydrogen-bond donors (Lipinski definition) is 1. The van der Waals surface area contributed by atoms with Crippen molar-refractivity contribution >= 4 is 21.4 Å². The van der Waals surface area contributed by atoms with Crippen molar-refractivity contribution in [2.45, 2.75) is 32.1 Å². The average Bonchev–Trinajstić information content (AvgIpc) is 3.15. The van der Waals surface area contributed by atoms with E-state index >= 15 is 0 Å². The van der Waals surface area contributed by atoms with Crippen LogP contribution in [0.4, 0.5) is 0 Å². The van der Waals surface area contributed by atoms with Gasteiger partial charge < -0.3 is 4.52 Å². The summed E-state index contributed by atoms with van der Waals surface area (Å²) < 4.78 is 32.8. The fourth-order valence-electron chi connectivity index (χ4n) is 2.48. The van der Waals surface area contributed by atoms with Crippen LogP contribution in [0.15, 0.2) is 33.8 Å². The van der Waals surface area contributed by atoms with Gasteiger partial charge >= 0.3 is 0 Å². The second-order valence-electron chi connectivity index (χ2n) is 5.62. The second-order valence-corrected chi connectivity index (χ2v) is 8.61. The first-order valence-electron chi connectivity index (χ1n) is 7.67. The summed E-state index contributed by atoms with van der Waals surface area (Å²) in [5.41, 5.74) is 1.74. The molecule has 0 fully saturated rings. The third-order valence-corrected chi connectivity index (χ3v) is 6.29. The number of aryl methyl sites for hydroxylation is 3. The summed E-state index contributed by atoms with van der Waals surface area (Å²) in [5.74, 6) is 1.18. The van der Waals surface area contributed by atoms with Crippen LogP contribution in [0.25, 0.3) is 10.6 Å². The Bertz CT molecular complexity index is 959. The molecule has 0 saturated heterocycles. The highest BCUT2D eigenvalue weighted by atomic mass is 32.2. The Morgan fingerprint density at radius 1 is 1.16 bits per heavy atom. The number of aromatic nitrogens is 3. The van der Waals surface area contributed by atoms with Gasteiger partial charge in [-0.15, -0.1) is 11.3 Å². The Morgan fingerprint density at radius 3 is 2.52 bits per heavy atom. The molecular weight excluding hydrogens is 360 g/mol. The maximum Gasteiger partial charge on any atom is 0.241 e. The van der Waals surface area contributed by atoms with Crippen LogP contribution in [0.5, 0.6) is 0 Å². The van der Waals surface area contributed by atoms with Crippen molar-refractivity contribution in [3.8, 4) is 10.6 Å². The van der Waals surface area contributed by atoms with E-state index in [0.717, 1.165) is 16.3 Å². The van der Waals surface area contributed by atoms with E-state index in [1.165, 1.54) is 17.5 Å². The highest BCUT2D eigenvalue weighted by Gasteiger charge is 2.21. The van der Waals surface area contributed by atoms with Crippen molar-refractivity contribution in [1.82, 2.24) is 19.8 Å². The summed E-state index contributed by atoms with van der Waals surface area (Å²) in [6.45, 7) is 5.79. The summed E-state index contributed by atoms with van der Waals surface area (Å²) >= 11 is 1.36. The lowest BCUT2D eigenvalue weighted by atomic mass is 10.3. The number of thiophene rings is 1. The smallest absolute Gasteiger partial charge is 0.241 e.